The topological polar surface area (TPSA) is 24.9 Å². The average molecular weight is 333 g/mol. The summed E-state index contributed by atoms with van der Waals surface area (Å²) in [6.45, 7) is -0.930. The Morgan fingerprint density at radius 1 is 1.28 bits per heavy atom. The molecule has 18 heavy (non-hydrogen) atoms. The van der Waals surface area contributed by atoms with Crippen LogP contribution in [0.1, 0.15) is 18.4 Å². The van der Waals surface area contributed by atoms with Crippen LogP contribution in [0, 0.1) is 0 Å². The van der Waals surface area contributed by atoms with E-state index in [1.54, 1.807) is 0 Å². The maximum atomic E-state index is 12.6. The Morgan fingerprint density at radius 3 is 2.44 bits per heavy atom. The van der Waals surface area contributed by atoms with E-state index in [1.807, 2.05) is 0 Å². The number of nitrogens with one attached hydrogen (secondary N) is 1. The van der Waals surface area contributed by atoms with Crippen LogP contribution < -0.4 is 5.32 Å². The first-order valence-corrected chi connectivity index (χ1v) is 5.79. The van der Waals surface area contributed by atoms with Crippen LogP contribution in [0.2, 0.25) is 0 Å². The van der Waals surface area contributed by atoms with Crippen LogP contribution in [0.15, 0.2) is 16.7 Å². The Bertz CT molecular complexity index is 389. The fourth-order valence-corrected chi connectivity index (χ4v) is 1.66. The van der Waals surface area contributed by atoms with Crippen molar-refractivity contribution in [3.63, 3.8) is 0 Å². The van der Waals surface area contributed by atoms with Gasteiger partial charge in [0.15, 0.2) is 0 Å². The summed E-state index contributed by atoms with van der Waals surface area (Å²) in [6, 6.07) is -0.489. The molecular formula is C10H10BrF5N2. The molecule has 1 unspecified atom stereocenters. The molecule has 1 atom stereocenters. The second-order valence-electron chi connectivity index (χ2n) is 3.45. The van der Waals surface area contributed by atoms with Crippen molar-refractivity contribution in [2.24, 2.45) is 0 Å². The van der Waals surface area contributed by atoms with Crippen molar-refractivity contribution in [1.29, 1.82) is 0 Å². The SMILES string of the molecule is FCCC(Nc1cc(C(F)F)c(Br)cn1)C(F)F. The number of rotatable bonds is 6. The van der Waals surface area contributed by atoms with E-state index in [0.29, 0.717) is 0 Å². The molecule has 0 aliphatic heterocycles. The first-order valence-electron chi connectivity index (χ1n) is 5.00. The van der Waals surface area contributed by atoms with Crippen LogP contribution in [0.5, 0.6) is 0 Å². The number of hydrogen-bond donors (Lipinski definition) is 1. The molecule has 8 heteroatoms. The zero-order valence-corrected chi connectivity index (χ0v) is 10.6. The quantitative estimate of drug-likeness (QED) is 0.790. The lowest BCUT2D eigenvalue weighted by atomic mass is 10.2. The van der Waals surface area contributed by atoms with Crippen molar-refractivity contribution >= 4 is 21.7 Å². The molecule has 1 aromatic rings. The van der Waals surface area contributed by atoms with Gasteiger partial charge in [-0.15, -0.1) is 0 Å². The van der Waals surface area contributed by atoms with E-state index in [4.69, 9.17) is 0 Å². The first-order chi connectivity index (χ1) is 8.45. The van der Waals surface area contributed by atoms with Gasteiger partial charge in [-0.2, -0.15) is 0 Å². The minimum atomic E-state index is -2.80. The van der Waals surface area contributed by atoms with Crippen molar-refractivity contribution in [3.8, 4) is 0 Å². The molecule has 0 saturated heterocycles. The Labute approximate surface area is 109 Å². The molecule has 0 fully saturated rings. The Hall–Kier alpha value is -0.920. The molecule has 1 heterocycles. The summed E-state index contributed by atoms with van der Waals surface area (Å²) in [4.78, 5) is 3.68. The maximum absolute atomic E-state index is 12.6. The van der Waals surface area contributed by atoms with E-state index in [-0.39, 0.29) is 15.9 Å². The minimum Gasteiger partial charge on any atom is -0.361 e. The van der Waals surface area contributed by atoms with Gasteiger partial charge in [0.25, 0.3) is 12.9 Å². The van der Waals surface area contributed by atoms with Gasteiger partial charge in [0, 0.05) is 22.7 Å². The van der Waals surface area contributed by atoms with E-state index in [1.165, 1.54) is 0 Å². The monoisotopic (exact) mass is 332 g/mol. The van der Waals surface area contributed by atoms with Gasteiger partial charge in [0.2, 0.25) is 0 Å². The summed E-state index contributed by atoms with van der Waals surface area (Å²) in [5, 5.41) is 2.25. The summed E-state index contributed by atoms with van der Waals surface area (Å²) in [7, 11) is 0. The second kappa shape index (κ2) is 6.86. The van der Waals surface area contributed by atoms with Crippen LogP contribution in [0.25, 0.3) is 0 Å². The lowest BCUT2D eigenvalue weighted by Crippen LogP contribution is -2.28. The highest BCUT2D eigenvalue weighted by molar-refractivity contribution is 9.10. The van der Waals surface area contributed by atoms with Crippen molar-refractivity contribution in [2.45, 2.75) is 25.3 Å². The zero-order chi connectivity index (χ0) is 13.7. The highest BCUT2D eigenvalue weighted by atomic mass is 79.9. The smallest absolute Gasteiger partial charge is 0.265 e. The summed E-state index contributed by atoms with van der Waals surface area (Å²) >= 11 is 2.88. The molecule has 1 N–H and O–H groups in total. The lowest BCUT2D eigenvalue weighted by molar-refractivity contribution is 0.116. The fraction of sp³-hybridized carbons (Fsp3) is 0.500. The second-order valence-corrected chi connectivity index (χ2v) is 4.31. The number of nitrogens with zero attached hydrogens (tertiary/aromatic N) is 1. The van der Waals surface area contributed by atoms with E-state index in [2.05, 4.69) is 26.2 Å². The largest absolute Gasteiger partial charge is 0.361 e. The molecule has 0 spiro atoms. The van der Waals surface area contributed by atoms with E-state index in [9.17, 15) is 22.0 Å². The molecule has 1 aromatic heterocycles. The van der Waals surface area contributed by atoms with Crippen molar-refractivity contribution < 1.29 is 22.0 Å². The zero-order valence-electron chi connectivity index (χ0n) is 9.02. The van der Waals surface area contributed by atoms with Crippen LogP contribution in [0.4, 0.5) is 27.8 Å². The Balaban J connectivity index is 2.86. The van der Waals surface area contributed by atoms with Crippen LogP contribution in [0.3, 0.4) is 0 Å². The molecule has 0 aliphatic rings. The van der Waals surface area contributed by atoms with Crippen molar-refractivity contribution in [2.75, 3.05) is 12.0 Å². The van der Waals surface area contributed by atoms with Crippen molar-refractivity contribution in [1.82, 2.24) is 4.98 Å². The molecule has 2 nitrogen and oxygen atoms in total. The molecule has 0 saturated carbocycles. The summed E-state index contributed by atoms with van der Waals surface area (Å²) in [6.07, 6.45) is -4.89. The molecule has 0 bridgehead atoms. The molecule has 0 amide bonds. The molecule has 1 rings (SSSR count). The number of alkyl halides is 5. The van der Waals surface area contributed by atoms with Gasteiger partial charge >= 0.3 is 0 Å². The number of anilines is 1. The summed E-state index contributed by atoms with van der Waals surface area (Å²) < 4.78 is 62.3. The highest BCUT2D eigenvalue weighted by Gasteiger charge is 2.21. The third kappa shape index (κ3) is 4.08. The Morgan fingerprint density at radius 2 is 1.94 bits per heavy atom. The van der Waals surface area contributed by atoms with Crippen LogP contribution in [-0.2, 0) is 0 Å². The molecular weight excluding hydrogens is 323 g/mol. The average Bonchev–Trinajstić information content (AvgIpc) is 2.30. The van der Waals surface area contributed by atoms with Gasteiger partial charge in [0.05, 0.1) is 12.7 Å². The van der Waals surface area contributed by atoms with Gasteiger partial charge in [-0.25, -0.2) is 22.5 Å². The summed E-state index contributed by atoms with van der Waals surface area (Å²) in [5.74, 6) is -0.132. The van der Waals surface area contributed by atoms with Crippen LogP contribution >= 0.6 is 15.9 Å². The number of hydrogen-bond acceptors (Lipinski definition) is 2. The third-order valence-corrected chi connectivity index (χ3v) is 2.84. The third-order valence-electron chi connectivity index (χ3n) is 2.18. The van der Waals surface area contributed by atoms with E-state index in [0.717, 1.165) is 12.3 Å². The Kier molecular flexibility index (Phi) is 5.77. The molecule has 0 radical (unpaired) electrons. The normalized spacial score (nSPS) is 13.1. The lowest BCUT2D eigenvalue weighted by Gasteiger charge is -2.17. The minimum absolute atomic E-state index is 0.0853. The maximum Gasteiger partial charge on any atom is 0.265 e. The molecule has 0 aromatic carbocycles. The van der Waals surface area contributed by atoms with Gasteiger partial charge in [0.1, 0.15) is 5.82 Å². The number of halogens is 6. The van der Waals surface area contributed by atoms with Gasteiger partial charge in [-0.3, -0.25) is 4.39 Å². The van der Waals surface area contributed by atoms with Gasteiger partial charge in [-0.05, 0) is 22.0 Å². The standard InChI is InChI=1S/C10H10BrF5N2/c11-6-4-17-8(3-5(6)9(13)14)18-7(1-2-12)10(15)16/h3-4,7,9-10H,1-2H2,(H,17,18). The van der Waals surface area contributed by atoms with E-state index < -0.39 is 32.0 Å². The number of pyridine rings is 1. The van der Waals surface area contributed by atoms with Gasteiger partial charge < -0.3 is 5.32 Å². The van der Waals surface area contributed by atoms with Crippen molar-refractivity contribution in [3.05, 3.63) is 22.3 Å². The highest BCUT2D eigenvalue weighted by Crippen LogP contribution is 2.28. The van der Waals surface area contributed by atoms with E-state index >= 15 is 0 Å². The molecule has 102 valence electrons. The van der Waals surface area contributed by atoms with Gasteiger partial charge in [-0.1, -0.05) is 0 Å². The first kappa shape index (κ1) is 15.1. The number of aromatic nitrogens is 1. The predicted octanol–water partition coefficient (Wildman–Crippen LogP) is 4.19. The fourth-order valence-electron chi connectivity index (χ4n) is 1.27. The molecule has 0 aliphatic carbocycles. The summed E-state index contributed by atoms with van der Waals surface area (Å²) in [5.41, 5.74) is -0.360. The van der Waals surface area contributed by atoms with Crippen LogP contribution in [-0.4, -0.2) is 24.1 Å². The predicted molar refractivity (Wildman–Crippen MR) is 60.9 cm³/mol.